The molecule has 2 aromatic rings. The second-order valence-corrected chi connectivity index (χ2v) is 6.86. The quantitative estimate of drug-likeness (QED) is 0.903. The summed E-state index contributed by atoms with van der Waals surface area (Å²) in [6.45, 7) is 2.33. The predicted molar refractivity (Wildman–Crippen MR) is 95.2 cm³/mol. The highest BCUT2D eigenvalue weighted by molar-refractivity contribution is 5.99. The van der Waals surface area contributed by atoms with Crippen LogP contribution in [0.15, 0.2) is 42.7 Å². The number of hydrogen-bond donors (Lipinski definition) is 1. The number of carbonyl (C=O) groups is 1. The first-order chi connectivity index (χ1) is 12.2. The van der Waals surface area contributed by atoms with E-state index in [0.29, 0.717) is 5.92 Å². The van der Waals surface area contributed by atoms with Crippen LogP contribution in [0.1, 0.15) is 24.5 Å². The van der Waals surface area contributed by atoms with Crippen molar-refractivity contribution in [3.8, 4) is 0 Å². The van der Waals surface area contributed by atoms with Crippen LogP contribution in [-0.2, 0) is 16.6 Å². The van der Waals surface area contributed by atoms with Gasteiger partial charge in [0.05, 0.1) is 18.3 Å². The van der Waals surface area contributed by atoms with Gasteiger partial charge in [-0.05, 0) is 25.0 Å². The second-order valence-electron chi connectivity index (χ2n) is 6.86. The molecular formula is C19H24N4O2. The summed E-state index contributed by atoms with van der Waals surface area (Å²) >= 11 is 0. The molecule has 0 unspecified atom stereocenters. The number of anilines is 1. The van der Waals surface area contributed by atoms with E-state index in [-0.39, 0.29) is 18.1 Å². The van der Waals surface area contributed by atoms with Crippen molar-refractivity contribution < 1.29 is 9.53 Å². The number of aromatic nitrogens is 2. The lowest BCUT2D eigenvalue weighted by molar-refractivity contribution is -0.118. The maximum absolute atomic E-state index is 12.7. The van der Waals surface area contributed by atoms with Gasteiger partial charge in [-0.2, -0.15) is 5.10 Å². The molecule has 2 fully saturated rings. The Labute approximate surface area is 147 Å². The molecule has 2 aliphatic heterocycles. The van der Waals surface area contributed by atoms with Crippen molar-refractivity contribution in [2.45, 2.75) is 25.0 Å². The summed E-state index contributed by atoms with van der Waals surface area (Å²) in [5.41, 5.74) is 2.10. The van der Waals surface area contributed by atoms with Crippen LogP contribution < -0.4 is 10.2 Å². The fraction of sp³-hybridized carbons (Fsp3) is 0.474. The van der Waals surface area contributed by atoms with Gasteiger partial charge < -0.3 is 15.0 Å². The molecular weight excluding hydrogens is 316 g/mol. The first-order valence-corrected chi connectivity index (χ1v) is 8.92. The Morgan fingerprint density at radius 1 is 1.28 bits per heavy atom. The van der Waals surface area contributed by atoms with Gasteiger partial charge in [0.2, 0.25) is 5.91 Å². The van der Waals surface area contributed by atoms with Crippen molar-refractivity contribution in [2.24, 2.45) is 13.0 Å². The van der Waals surface area contributed by atoms with E-state index in [0.717, 1.165) is 43.8 Å². The minimum atomic E-state index is -0.102. The number of amides is 1. The standard InChI is InChI=1S/C19H24N4O2/c1-22-13-15(12-21-22)18-14(8-10-25-18)11-20-17-7-9-23(19(17)24)16-5-3-2-4-6-16/h2-6,12-14,17-18,20H,7-11H2,1H3/t14-,17-,18-/m1/s1. The van der Waals surface area contributed by atoms with Crippen LogP contribution in [-0.4, -0.2) is 41.4 Å². The van der Waals surface area contributed by atoms with Crippen LogP contribution in [0.3, 0.4) is 0 Å². The summed E-state index contributed by atoms with van der Waals surface area (Å²) in [4.78, 5) is 14.6. The molecule has 3 atom stereocenters. The minimum Gasteiger partial charge on any atom is -0.373 e. The van der Waals surface area contributed by atoms with Crippen molar-refractivity contribution in [3.05, 3.63) is 48.3 Å². The van der Waals surface area contributed by atoms with Crippen molar-refractivity contribution in [3.63, 3.8) is 0 Å². The van der Waals surface area contributed by atoms with Crippen LogP contribution >= 0.6 is 0 Å². The molecule has 25 heavy (non-hydrogen) atoms. The number of nitrogens with one attached hydrogen (secondary N) is 1. The van der Waals surface area contributed by atoms with Gasteiger partial charge in [-0.25, -0.2) is 0 Å². The van der Waals surface area contributed by atoms with Crippen LogP contribution in [0.4, 0.5) is 5.69 Å². The topological polar surface area (TPSA) is 59.4 Å². The molecule has 0 spiro atoms. The third kappa shape index (κ3) is 3.32. The molecule has 1 amide bonds. The lowest BCUT2D eigenvalue weighted by atomic mass is 9.97. The number of rotatable bonds is 5. The Hall–Kier alpha value is -2.18. The molecule has 6 heteroatoms. The Kier molecular flexibility index (Phi) is 4.55. The highest BCUT2D eigenvalue weighted by atomic mass is 16.5. The van der Waals surface area contributed by atoms with Gasteiger partial charge in [0.25, 0.3) is 0 Å². The predicted octanol–water partition coefficient (Wildman–Crippen LogP) is 1.89. The van der Waals surface area contributed by atoms with E-state index in [2.05, 4.69) is 10.4 Å². The summed E-state index contributed by atoms with van der Waals surface area (Å²) in [5.74, 6) is 0.547. The molecule has 0 aliphatic carbocycles. The molecule has 6 nitrogen and oxygen atoms in total. The largest absolute Gasteiger partial charge is 0.373 e. The van der Waals surface area contributed by atoms with Crippen LogP contribution in [0, 0.1) is 5.92 Å². The van der Waals surface area contributed by atoms with Gasteiger partial charge >= 0.3 is 0 Å². The number of benzene rings is 1. The van der Waals surface area contributed by atoms with E-state index in [1.54, 1.807) is 4.68 Å². The highest BCUT2D eigenvalue weighted by Gasteiger charge is 2.35. The molecule has 1 N–H and O–H groups in total. The van der Waals surface area contributed by atoms with E-state index in [4.69, 9.17) is 4.74 Å². The molecule has 3 heterocycles. The van der Waals surface area contributed by atoms with Gasteiger partial charge in [0, 0.05) is 50.1 Å². The van der Waals surface area contributed by atoms with E-state index in [9.17, 15) is 4.79 Å². The van der Waals surface area contributed by atoms with Gasteiger partial charge in [-0.15, -0.1) is 0 Å². The molecule has 1 aromatic heterocycles. The Balaban J connectivity index is 1.36. The zero-order valence-corrected chi connectivity index (χ0v) is 14.5. The molecule has 0 radical (unpaired) electrons. The third-order valence-corrected chi connectivity index (χ3v) is 5.17. The number of aryl methyl sites for hydroxylation is 1. The molecule has 0 saturated carbocycles. The normalized spacial score (nSPS) is 26.5. The monoisotopic (exact) mass is 340 g/mol. The number of para-hydroxylation sites is 1. The summed E-state index contributed by atoms with van der Waals surface area (Å²) in [7, 11) is 1.92. The lowest BCUT2D eigenvalue weighted by Crippen LogP contribution is -2.40. The second kappa shape index (κ2) is 6.98. The van der Waals surface area contributed by atoms with Gasteiger partial charge in [-0.1, -0.05) is 18.2 Å². The average molecular weight is 340 g/mol. The summed E-state index contributed by atoms with van der Waals surface area (Å²) in [5, 5.41) is 7.73. The van der Waals surface area contributed by atoms with Gasteiger partial charge in [-0.3, -0.25) is 9.48 Å². The maximum Gasteiger partial charge on any atom is 0.244 e. The Morgan fingerprint density at radius 2 is 2.12 bits per heavy atom. The molecule has 2 saturated heterocycles. The van der Waals surface area contributed by atoms with E-state index < -0.39 is 0 Å². The number of hydrogen-bond acceptors (Lipinski definition) is 4. The molecule has 132 valence electrons. The zero-order chi connectivity index (χ0) is 17.2. The first kappa shape index (κ1) is 16.3. The van der Waals surface area contributed by atoms with E-state index >= 15 is 0 Å². The molecule has 4 rings (SSSR count). The van der Waals surface area contributed by atoms with Crippen LogP contribution in [0.2, 0.25) is 0 Å². The van der Waals surface area contributed by atoms with Crippen LogP contribution in [0.5, 0.6) is 0 Å². The Bertz CT molecular complexity index is 730. The first-order valence-electron chi connectivity index (χ1n) is 8.92. The van der Waals surface area contributed by atoms with Crippen molar-refractivity contribution in [1.82, 2.24) is 15.1 Å². The maximum atomic E-state index is 12.7. The Morgan fingerprint density at radius 3 is 2.88 bits per heavy atom. The summed E-state index contributed by atoms with van der Waals surface area (Å²) < 4.78 is 7.71. The van der Waals surface area contributed by atoms with E-state index in [1.165, 1.54) is 0 Å². The number of carbonyl (C=O) groups excluding carboxylic acids is 1. The van der Waals surface area contributed by atoms with Gasteiger partial charge in [0.1, 0.15) is 0 Å². The lowest BCUT2D eigenvalue weighted by Gasteiger charge is -2.21. The smallest absolute Gasteiger partial charge is 0.244 e. The van der Waals surface area contributed by atoms with Crippen LogP contribution in [0.25, 0.3) is 0 Å². The van der Waals surface area contributed by atoms with E-state index in [1.807, 2.05) is 54.7 Å². The fourth-order valence-electron chi connectivity index (χ4n) is 3.83. The minimum absolute atomic E-state index is 0.0722. The van der Waals surface area contributed by atoms with Crippen molar-refractivity contribution in [1.29, 1.82) is 0 Å². The molecule has 2 aliphatic rings. The number of ether oxygens (including phenoxy) is 1. The van der Waals surface area contributed by atoms with Crippen molar-refractivity contribution >= 4 is 11.6 Å². The molecule has 0 bridgehead atoms. The van der Waals surface area contributed by atoms with Crippen molar-refractivity contribution in [2.75, 3.05) is 24.6 Å². The molecule has 1 aromatic carbocycles. The summed E-state index contributed by atoms with van der Waals surface area (Å²) in [6.07, 6.45) is 5.82. The summed E-state index contributed by atoms with van der Waals surface area (Å²) in [6, 6.07) is 9.79. The fourth-order valence-corrected chi connectivity index (χ4v) is 3.83. The highest BCUT2D eigenvalue weighted by Crippen LogP contribution is 2.34. The number of nitrogens with zero attached hydrogens (tertiary/aromatic N) is 3. The third-order valence-electron chi connectivity index (χ3n) is 5.17. The zero-order valence-electron chi connectivity index (χ0n) is 14.5. The SMILES string of the molecule is Cn1cc([C@@H]2OCC[C@@H]2CN[C@@H]2CCN(c3ccccc3)C2=O)cn1. The average Bonchev–Trinajstić information content (AvgIpc) is 3.34. The van der Waals surface area contributed by atoms with Gasteiger partial charge in [0.15, 0.2) is 0 Å².